The molecule has 20 rings (SSSR count). The van der Waals surface area contributed by atoms with Gasteiger partial charge < -0.3 is 105 Å². The van der Waals surface area contributed by atoms with Crippen molar-refractivity contribution in [3.8, 4) is 17.2 Å². The fraction of sp³-hybridized carbons (Fsp3) is 0.394. The van der Waals surface area contributed by atoms with Gasteiger partial charge in [0.05, 0.1) is 58.6 Å². The lowest BCUT2D eigenvalue weighted by molar-refractivity contribution is -0.120. The molecule has 40 nitrogen and oxygen atoms in total. The Hall–Kier alpha value is -15.8. The minimum absolute atomic E-state index is 0.00484. The highest BCUT2D eigenvalue weighted by Crippen LogP contribution is 2.39. The molecule has 14 amide bonds. The minimum Gasteiger partial charge on any atom is -0.508 e. The number of carboxylic acid groups (broad SMARTS) is 1. The van der Waals surface area contributed by atoms with Gasteiger partial charge >= 0.3 is 35.4 Å². The number of carbonyl (C=O) groups is 12. The van der Waals surface area contributed by atoms with Crippen LogP contribution in [-0.2, 0) is 46.5 Å². The summed E-state index contributed by atoms with van der Waals surface area (Å²) in [5, 5.41) is 30.9. The molecule has 9 aliphatic heterocycles. The van der Waals surface area contributed by atoms with Crippen molar-refractivity contribution in [3.05, 3.63) is 217 Å². The first-order valence-electron chi connectivity index (χ1n) is 46.8. The fourth-order valence-electron chi connectivity index (χ4n) is 19.0. The van der Waals surface area contributed by atoms with E-state index >= 15 is 0 Å². The number of para-hydroxylation sites is 4. The Balaban J connectivity index is 0.000000129. The molecule has 7 saturated heterocycles. The maximum absolute atomic E-state index is 12.4. The van der Waals surface area contributed by atoms with Crippen LogP contribution in [0.15, 0.2) is 172 Å². The number of rotatable bonds is 18. The molecule has 0 unspecified atom stereocenters. The summed E-state index contributed by atoms with van der Waals surface area (Å²) in [4.78, 5) is 204. The van der Waals surface area contributed by atoms with Crippen LogP contribution < -0.4 is 52.6 Å². The molecule has 139 heavy (non-hydrogen) atoms. The zero-order chi connectivity index (χ0) is 98.0. The van der Waals surface area contributed by atoms with Gasteiger partial charge in [0.25, 0.3) is 11.5 Å². The maximum Gasteiger partial charge on any atom is 0.335 e. The number of phenolic OH excluding ortho intramolecular Hbond substituents is 1. The number of carboxylic acids is 1. The molecule has 732 valence electrons. The SMILES string of the molecule is COc1cc2c(cc1OC)NC(=O)N(C1CCN(C=O)CC1)C2.O=CN1CCC(N2CCc3ccccc3NC2=O)CC1.O=CN1CCC(NC(=O)NC(=O)c2ccccc2)CC1.O=CN1CCC(c2c[nH]c3ccccc23)CC1.O=CN1CCC(n2c(=O)[nH]c3cc(C(=O)O)ccc32)CC1.O=CN1CCC(n2c(=O)[nH]c3ccc(O)cc32)CC1.O=CN1CCN(c2nc3ccccc3[nH]c2=O)CC1. The van der Waals surface area contributed by atoms with E-state index in [0.717, 1.165) is 174 Å². The van der Waals surface area contributed by atoms with Crippen LogP contribution in [0.25, 0.3) is 44.0 Å². The third kappa shape index (κ3) is 25.1. The summed E-state index contributed by atoms with van der Waals surface area (Å²) in [7, 11) is 3.17. The summed E-state index contributed by atoms with van der Waals surface area (Å²) in [5.41, 5.74) is 10.7. The number of nitrogens with one attached hydrogen (secondary N) is 8. The highest BCUT2D eigenvalue weighted by Gasteiger charge is 2.35. The van der Waals surface area contributed by atoms with E-state index < -0.39 is 17.9 Å². The Kier molecular flexibility index (Phi) is 34.0. The number of aromatic hydroxyl groups is 1. The number of carbonyl (C=O) groups excluding carboxylic acids is 11. The molecular weight excluding hydrogens is 1790 g/mol. The summed E-state index contributed by atoms with van der Waals surface area (Å²) in [6.07, 6.45) is 18.9. The second kappa shape index (κ2) is 47.6. The van der Waals surface area contributed by atoms with Crippen LogP contribution in [0.5, 0.6) is 17.2 Å². The van der Waals surface area contributed by atoms with Crippen LogP contribution >= 0.6 is 0 Å². The van der Waals surface area contributed by atoms with Gasteiger partial charge in [0, 0.05) is 188 Å². The number of piperazine rings is 1. The molecule has 40 heteroatoms. The monoisotopic (exact) mass is 1900 g/mol. The highest BCUT2D eigenvalue weighted by atomic mass is 16.5. The second-order valence-electron chi connectivity index (χ2n) is 35.2. The number of imidazole rings is 2. The number of aromatic nitrogens is 7. The van der Waals surface area contributed by atoms with Gasteiger partial charge in [-0.2, -0.15) is 0 Å². The molecule has 9 aliphatic rings. The van der Waals surface area contributed by atoms with Crippen molar-refractivity contribution in [1.29, 1.82) is 0 Å². The number of H-pyrrole nitrogens is 4. The minimum atomic E-state index is -1.02. The molecule has 0 saturated carbocycles. The van der Waals surface area contributed by atoms with E-state index in [1.165, 1.54) is 34.2 Å². The molecule has 0 atom stereocenters. The van der Waals surface area contributed by atoms with Crippen LogP contribution in [-0.4, -0.2) is 307 Å². The second-order valence-corrected chi connectivity index (χ2v) is 35.2. The lowest BCUT2D eigenvalue weighted by atomic mass is 9.89. The van der Waals surface area contributed by atoms with Gasteiger partial charge in [0.2, 0.25) is 44.9 Å². The topological polar surface area (TPSA) is 481 Å². The number of amides is 14. The number of ether oxygens (including phenoxy) is 2. The number of urea groups is 3. The number of piperidine rings is 6. The molecule has 0 spiro atoms. The fourth-order valence-corrected chi connectivity index (χ4v) is 19.0. The summed E-state index contributed by atoms with van der Waals surface area (Å²) in [6.45, 7) is 12.2. The molecule has 11 aromatic rings. The third-order valence-electron chi connectivity index (χ3n) is 26.8. The van der Waals surface area contributed by atoms with E-state index in [0.29, 0.717) is 151 Å². The molecule has 0 aliphatic carbocycles. The number of imide groups is 1. The van der Waals surface area contributed by atoms with Gasteiger partial charge in [-0.1, -0.05) is 66.7 Å². The van der Waals surface area contributed by atoms with E-state index in [1.54, 1.807) is 113 Å². The number of phenols is 1. The normalized spacial score (nSPS) is 17.2. The predicted octanol–water partition coefficient (Wildman–Crippen LogP) is 8.47. The van der Waals surface area contributed by atoms with Crippen LogP contribution in [0.2, 0.25) is 0 Å². The number of anilines is 3. The zero-order valence-corrected chi connectivity index (χ0v) is 77.6. The standard InChI is InChI=1S/C16H21N3O4.C15H19N3O2.C14H15N3O4.C14H17N3O3.C14H16N2O.C13H14N4O2.C13H15N3O3/c1-22-14-7-11-9-19(12-3-5-18(10-20)6-4-12)16(21)17-13(11)8-15(14)23-2;19-11-17-8-6-13(7-9-17)18-10-5-12-3-1-2-4-14(12)16-15(18)20;18-8-16-5-3-10(4-6-16)17-12-2-1-9(13(19)20)7-11(12)15-14(17)21;18-10-17-8-6-12(7-9-17)15-14(20)16-13(19)11-4-2-1-3-5-11;17-10-16-7-5-11(6-8-16)13-9-15-14-4-2-1-3-12(13)14;18-9-16-5-7-17(8-6-16)12-13(19)15-11-4-2-1-3-10(11)14-12;17-8-15-5-3-9(4-6-15)16-12-7-10(18)1-2-11(12)14-13(16)19/h7-8,10,12H,3-6,9H2,1-2H3,(H,17,21);1-4,11,13H,5-10H2,(H,16,20);1-2,7-8,10H,3-6H2,(H,15,21)(H,19,20);1-5,10,12H,6-9H2,(H2,15,16,19,20);1-4,9-11,15H,5-8H2;1-4,9H,5-8H2,(H,15,19);1-2,7-9,18H,3-6H2,(H,14,19). The number of hydrogen-bond acceptors (Lipinski definition) is 20. The molecule has 0 radical (unpaired) electrons. The maximum atomic E-state index is 12.4. The largest absolute Gasteiger partial charge is 0.508 e. The van der Waals surface area contributed by atoms with Gasteiger partial charge in [-0.25, -0.2) is 33.8 Å². The first-order chi connectivity index (χ1) is 67.6. The van der Waals surface area contributed by atoms with Gasteiger partial charge in [-0.05, 0) is 179 Å². The molecule has 4 aromatic heterocycles. The van der Waals surface area contributed by atoms with Crippen molar-refractivity contribution in [2.24, 2.45) is 0 Å². The van der Waals surface area contributed by atoms with E-state index in [1.807, 2.05) is 68.1 Å². The van der Waals surface area contributed by atoms with Gasteiger partial charge in [-0.3, -0.25) is 57.6 Å². The predicted molar refractivity (Wildman–Crippen MR) is 520 cm³/mol. The van der Waals surface area contributed by atoms with Crippen LogP contribution in [0.1, 0.15) is 132 Å². The number of fused-ring (bicyclic) bond motifs is 6. The Morgan fingerprint density at radius 2 is 0.921 bits per heavy atom. The lowest BCUT2D eigenvalue weighted by Crippen LogP contribution is -2.49. The Bertz CT molecular complexity index is 6320. The molecule has 10 N–H and O–H groups in total. The van der Waals surface area contributed by atoms with Crippen molar-refractivity contribution >= 4 is 136 Å². The van der Waals surface area contributed by atoms with Crippen molar-refractivity contribution in [2.75, 3.05) is 141 Å². The third-order valence-corrected chi connectivity index (χ3v) is 26.8. The number of methoxy groups -OCH3 is 2. The van der Waals surface area contributed by atoms with Crippen molar-refractivity contribution in [3.63, 3.8) is 0 Å². The number of nitrogens with zero attached hydrogens (tertiary/aromatic N) is 13. The zero-order valence-electron chi connectivity index (χ0n) is 77.6. The van der Waals surface area contributed by atoms with Crippen molar-refractivity contribution < 1.29 is 77.2 Å². The summed E-state index contributed by atoms with van der Waals surface area (Å²) >= 11 is 0. The first-order valence-corrected chi connectivity index (χ1v) is 46.8. The lowest BCUT2D eigenvalue weighted by Gasteiger charge is -2.39. The molecular formula is C99H117N21O19. The van der Waals surface area contributed by atoms with Crippen LogP contribution in [0.3, 0.4) is 0 Å². The van der Waals surface area contributed by atoms with E-state index in [4.69, 9.17) is 14.6 Å². The smallest absolute Gasteiger partial charge is 0.335 e. The number of aromatic amines is 4. The van der Waals surface area contributed by atoms with E-state index in [-0.39, 0.29) is 70.5 Å². The van der Waals surface area contributed by atoms with E-state index in [2.05, 4.69) is 82.7 Å². The highest BCUT2D eigenvalue weighted by molar-refractivity contribution is 6.04. The molecule has 13 heterocycles. The summed E-state index contributed by atoms with van der Waals surface area (Å²) < 4.78 is 14.0. The van der Waals surface area contributed by atoms with Crippen LogP contribution in [0, 0.1) is 0 Å². The van der Waals surface area contributed by atoms with Crippen LogP contribution in [0.4, 0.5) is 31.6 Å². The number of aromatic carboxylic acids is 1. The van der Waals surface area contributed by atoms with Gasteiger partial charge in [0.15, 0.2) is 17.3 Å². The quantitative estimate of drug-likeness (QED) is 0.0360. The van der Waals surface area contributed by atoms with Crippen molar-refractivity contribution in [2.45, 2.75) is 126 Å². The molecule has 0 bridgehead atoms. The number of likely N-dealkylation sites (tertiary alicyclic amines) is 6. The van der Waals surface area contributed by atoms with Crippen molar-refractivity contribution in [1.82, 2.24) is 88.8 Å². The average Bonchev–Trinajstić information content (AvgIpc) is 1.63. The van der Waals surface area contributed by atoms with Gasteiger partial charge in [0.1, 0.15) is 5.75 Å². The Morgan fingerprint density at radius 3 is 1.50 bits per heavy atom. The summed E-state index contributed by atoms with van der Waals surface area (Å²) in [6, 6.07) is 45.4. The number of hydrogen-bond donors (Lipinski definition) is 10. The first kappa shape index (κ1) is 99.2. The average molecular weight is 1910 g/mol. The number of benzene rings is 7. The van der Waals surface area contributed by atoms with Gasteiger partial charge in [-0.15, -0.1) is 0 Å². The Labute approximate surface area is 799 Å². The molecule has 7 aromatic carbocycles. The molecule has 7 fully saturated rings. The summed E-state index contributed by atoms with van der Waals surface area (Å²) in [5.74, 6) is 0.966. The Morgan fingerprint density at radius 1 is 0.432 bits per heavy atom. The van der Waals surface area contributed by atoms with E-state index in [9.17, 15) is 77.0 Å².